The lowest BCUT2D eigenvalue weighted by Gasteiger charge is -2.18. The van der Waals surface area contributed by atoms with Crippen molar-refractivity contribution in [3.05, 3.63) is 58.1 Å². The lowest BCUT2D eigenvalue weighted by atomic mass is 9.95. The monoisotopic (exact) mass is 453 g/mol. The van der Waals surface area contributed by atoms with Crippen molar-refractivity contribution in [1.82, 2.24) is 4.72 Å². The van der Waals surface area contributed by atoms with E-state index in [2.05, 4.69) is 4.74 Å². The molecule has 1 fully saturated rings. The van der Waals surface area contributed by atoms with E-state index in [1.807, 2.05) is 4.72 Å². The molecule has 0 aromatic heterocycles. The van der Waals surface area contributed by atoms with Gasteiger partial charge in [0.15, 0.2) is 0 Å². The van der Waals surface area contributed by atoms with Gasteiger partial charge in [-0.1, -0.05) is 41.4 Å². The Bertz CT molecular complexity index is 1040. The SMILES string of the molecule is O=C(NS(=O)(=O)c1ccccc1OC(F)(F)F)C1(c2ccc(Cl)cc2Cl)CC1. The number of para-hydroxylation sites is 1. The van der Waals surface area contributed by atoms with Crippen LogP contribution in [0.3, 0.4) is 0 Å². The molecule has 11 heteroatoms. The van der Waals surface area contributed by atoms with Crippen molar-refractivity contribution in [1.29, 1.82) is 0 Å². The first-order chi connectivity index (χ1) is 12.9. The highest BCUT2D eigenvalue weighted by Gasteiger charge is 2.53. The Labute approximate surface area is 168 Å². The minimum absolute atomic E-state index is 0.193. The minimum Gasteiger partial charge on any atom is -0.404 e. The molecule has 1 N–H and O–H groups in total. The fourth-order valence-electron chi connectivity index (χ4n) is 2.78. The molecule has 1 amide bonds. The van der Waals surface area contributed by atoms with Gasteiger partial charge in [-0.15, -0.1) is 13.2 Å². The molecule has 0 aliphatic heterocycles. The number of rotatable bonds is 5. The molecule has 0 heterocycles. The van der Waals surface area contributed by atoms with Crippen LogP contribution in [-0.4, -0.2) is 20.7 Å². The molecule has 0 bridgehead atoms. The van der Waals surface area contributed by atoms with Gasteiger partial charge in [0.05, 0.1) is 5.41 Å². The van der Waals surface area contributed by atoms with E-state index in [1.165, 1.54) is 30.3 Å². The van der Waals surface area contributed by atoms with Gasteiger partial charge >= 0.3 is 6.36 Å². The number of sulfonamides is 1. The van der Waals surface area contributed by atoms with E-state index < -0.39 is 38.4 Å². The van der Waals surface area contributed by atoms with Crippen LogP contribution in [0.5, 0.6) is 5.75 Å². The Morgan fingerprint density at radius 3 is 2.32 bits per heavy atom. The molecule has 1 saturated carbocycles. The Hall–Kier alpha value is -1.97. The van der Waals surface area contributed by atoms with Crippen molar-refractivity contribution < 1.29 is 31.1 Å². The third kappa shape index (κ3) is 4.21. The summed E-state index contributed by atoms with van der Waals surface area (Å²) in [6.45, 7) is 0. The Morgan fingerprint density at radius 2 is 1.75 bits per heavy atom. The summed E-state index contributed by atoms with van der Waals surface area (Å²) in [6, 6.07) is 8.60. The molecule has 0 atom stereocenters. The topological polar surface area (TPSA) is 72.5 Å². The van der Waals surface area contributed by atoms with E-state index in [4.69, 9.17) is 23.2 Å². The van der Waals surface area contributed by atoms with Gasteiger partial charge in [-0.25, -0.2) is 13.1 Å². The standard InChI is InChI=1S/C17H12Cl2F3NO4S/c18-10-5-6-11(12(19)9-10)16(7-8-16)15(24)23-28(25,26)14-4-2-1-3-13(14)27-17(20,21)22/h1-6,9H,7-8H2,(H,23,24). The van der Waals surface area contributed by atoms with Crippen LogP contribution in [0.25, 0.3) is 0 Å². The maximum atomic E-state index is 12.7. The summed E-state index contributed by atoms with van der Waals surface area (Å²) in [5.74, 6) is -1.83. The number of ether oxygens (including phenoxy) is 1. The third-order valence-electron chi connectivity index (χ3n) is 4.22. The van der Waals surface area contributed by atoms with Crippen molar-refractivity contribution in [3.63, 3.8) is 0 Å². The van der Waals surface area contributed by atoms with Crippen LogP contribution >= 0.6 is 23.2 Å². The van der Waals surface area contributed by atoms with Gasteiger partial charge in [0.25, 0.3) is 10.0 Å². The summed E-state index contributed by atoms with van der Waals surface area (Å²) in [5.41, 5.74) is -0.791. The molecule has 5 nitrogen and oxygen atoms in total. The van der Waals surface area contributed by atoms with E-state index in [0.29, 0.717) is 23.4 Å². The van der Waals surface area contributed by atoms with Crippen LogP contribution in [0.2, 0.25) is 10.0 Å². The number of halogens is 5. The molecule has 2 aromatic rings. The predicted molar refractivity (Wildman–Crippen MR) is 95.8 cm³/mol. The molecule has 1 aliphatic carbocycles. The number of amides is 1. The first-order valence-corrected chi connectivity index (χ1v) is 10.1. The first-order valence-electron chi connectivity index (χ1n) is 7.82. The largest absolute Gasteiger partial charge is 0.573 e. The molecule has 150 valence electrons. The van der Waals surface area contributed by atoms with Crippen molar-refractivity contribution in [3.8, 4) is 5.75 Å². The fourth-order valence-corrected chi connectivity index (χ4v) is 4.55. The molecule has 3 rings (SSSR count). The summed E-state index contributed by atoms with van der Waals surface area (Å²) in [4.78, 5) is 11.9. The highest BCUT2D eigenvalue weighted by Crippen LogP contribution is 2.51. The van der Waals surface area contributed by atoms with Crippen molar-refractivity contribution in [2.24, 2.45) is 0 Å². The second-order valence-electron chi connectivity index (χ2n) is 6.14. The first kappa shape index (κ1) is 20.8. The maximum Gasteiger partial charge on any atom is 0.573 e. The van der Waals surface area contributed by atoms with Gasteiger partial charge in [0.2, 0.25) is 5.91 Å². The second kappa shape index (κ2) is 7.13. The van der Waals surface area contributed by atoms with Gasteiger partial charge in [0, 0.05) is 10.0 Å². The Morgan fingerprint density at radius 1 is 1.11 bits per heavy atom. The van der Waals surface area contributed by atoms with Crippen LogP contribution in [0.15, 0.2) is 47.4 Å². The highest BCUT2D eigenvalue weighted by atomic mass is 35.5. The van der Waals surface area contributed by atoms with Crippen molar-refractivity contribution in [2.45, 2.75) is 29.5 Å². The molecule has 1 aliphatic rings. The van der Waals surface area contributed by atoms with E-state index in [-0.39, 0.29) is 5.02 Å². The van der Waals surface area contributed by atoms with E-state index in [9.17, 15) is 26.4 Å². The van der Waals surface area contributed by atoms with Crippen molar-refractivity contribution >= 4 is 39.1 Å². The third-order valence-corrected chi connectivity index (χ3v) is 6.14. The zero-order valence-corrected chi connectivity index (χ0v) is 16.2. The molecule has 0 unspecified atom stereocenters. The normalized spacial score (nSPS) is 15.8. The lowest BCUT2D eigenvalue weighted by molar-refractivity contribution is -0.275. The minimum atomic E-state index is -5.09. The van der Waals surface area contributed by atoms with Gasteiger partial charge in [0.1, 0.15) is 10.6 Å². The number of benzene rings is 2. The van der Waals surface area contributed by atoms with Gasteiger partial charge in [-0.2, -0.15) is 0 Å². The molecule has 0 saturated heterocycles. The smallest absolute Gasteiger partial charge is 0.404 e. The van der Waals surface area contributed by atoms with E-state index in [1.54, 1.807) is 0 Å². The number of hydrogen-bond acceptors (Lipinski definition) is 4. The molecule has 0 spiro atoms. The van der Waals surface area contributed by atoms with Gasteiger partial charge in [-0.3, -0.25) is 4.79 Å². The van der Waals surface area contributed by atoms with E-state index in [0.717, 1.165) is 12.1 Å². The summed E-state index contributed by atoms with van der Waals surface area (Å²) < 4.78 is 68.3. The van der Waals surface area contributed by atoms with E-state index >= 15 is 0 Å². The number of nitrogens with one attached hydrogen (secondary N) is 1. The Balaban J connectivity index is 1.90. The average molecular weight is 454 g/mol. The summed E-state index contributed by atoms with van der Waals surface area (Å²) in [5, 5.41) is 0.536. The van der Waals surface area contributed by atoms with Crippen LogP contribution in [0.1, 0.15) is 18.4 Å². The fraction of sp³-hybridized carbons (Fsp3) is 0.235. The van der Waals surface area contributed by atoms with Crippen LogP contribution in [0, 0.1) is 0 Å². The predicted octanol–water partition coefficient (Wildman–Crippen LogP) is 4.43. The second-order valence-corrected chi connectivity index (χ2v) is 8.63. The van der Waals surface area contributed by atoms with Crippen molar-refractivity contribution in [2.75, 3.05) is 0 Å². The number of alkyl halides is 3. The van der Waals surface area contributed by atoms with Gasteiger partial charge in [-0.05, 0) is 42.7 Å². The number of hydrogen-bond donors (Lipinski definition) is 1. The highest BCUT2D eigenvalue weighted by molar-refractivity contribution is 7.90. The van der Waals surface area contributed by atoms with Gasteiger partial charge < -0.3 is 4.74 Å². The molecule has 28 heavy (non-hydrogen) atoms. The number of carbonyl (C=O) groups is 1. The molecule has 0 radical (unpaired) electrons. The zero-order chi connectivity index (χ0) is 20.7. The summed E-state index contributed by atoms with van der Waals surface area (Å²) in [7, 11) is -4.63. The lowest BCUT2D eigenvalue weighted by Crippen LogP contribution is -2.39. The zero-order valence-electron chi connectivity index (χ0n) is 13.9. The van der Waals surface area contributed by atoms with Crippen LogP contribution < -0.4 is 9.46 Å². The average Bonchev–Trinajstić information content (AvgIpc) is 3.35. The molecule has 2 aromatic carbocycles. The quantitative estimate of drug-likeness (QED) is 0.726. The van der Waals surface area contributed by atoms with Crippen LogP contribution in [-0.2, 0) is 20.2 Å². The molecular formula is C17H12Cl2F3NO4S. The summed E-state index contributed by atoms with van der Waals surface area (Å²) >= 11 is 12.0. The maximum absolute atomic E-state index is 12.7. The summed E-state index contributed by atoms with van der Waals surface area (Å²) in [6.07, 6.45) is -4.43. The molecular weight excluding hydrogens is 442 g/mol. The Kier molecular flexibility index (Phi) is 5.28. The number of carbonyl (C=O) groups excluding carboxylic acids is 1. The van der Waals surface area contributed by atoms with Crippen LogP contribution in [0.4, 0.5) is 13.2 Å².